The molecule has 0 saturated carbocycles. The summed E-state index contributed by atoms with van der Waals surface area (Å²) in [5.41, 5.74) is -0.248. The fourth-order valence-corrected chi connectivity index (χ4v) is 4.16. The van der Waals surface area contributed by atoms with Gasteiger partial charge in [0.1, 0.15) is 5.41 Å². The second-order valence-corrected chi connectivity index (χ2v) is 7.41. The number of nitrogens with zero attached hydrogens (tertiary/aromatic N) is 3. The van der Waals surface area contributed by atoms with E-state index in [2.05, 4.69) is 14.8 Å². The first-order chi connectivity index (χ1) is 9.98. The van der Waals surface area contributed by atoms with Gasteiger partial charge in [0.15, 0.2) is 5.13 Å². The Balaban J connectivity index is 1.68. The van der Waals surface area contributed by atoms with Gasteiger partial charge in [-0.3, -0.25) is 9.69 Å². The number of carbonyl (C=O) groups is 1. The Morgan fingerprint density at radius 1 is 1.38 bits per heavy atom. The van der Waals surface area contributed by atoms with Gasteiger partial charge >= 0.3 is 5.97 Å². The molecule has 3 rings (SSSR count). The lowest BCUT2D eigenvalue weighted by molar-refractivity contribution is -0.142. The number of rotatable bonds is 4. The van der Waals surface area contributed by atoms with Crippen molar-refractivity contribution >= 4 is 22.4 Å². The number of thiazole rings is 1. The largest absolute Gasteiger partial charge is 0.481 e. The SMILES string of the molecule is CC(C)(C(=O)O)c1csc(N2CCC(N3CCCC3)C2)n1. The van der Waals surface area contributed by atoms with Crippen LogP contribution in [0, 0.1) is 0 Å². The molecule has 0 aliphatic carbocycles. The van der Waals surface area contributed by atoms with Gasteiger partial charge in [0.2, 0.25) is 0 Å². The van der Waals surface area contributed by atoms with Crippen molar-refractivity contribution in [2.45, 2.75) is 44.6 Å². The van der Waals surface area contributed by atoms with Crippen LogP contribution in [0.5, 0.6) is 0 Å². The predicted octanol–water partition coefficient (Wildman–Crippen LogP) is 2.18. The summed E-state index contributed by atoms with van der Waals surface area (Å²) in [5, 5.41) is 12.2. The number of aliphatic carboxylic acids is 1. The Labute approximate surface area is 129 Å². The molecule has 0 aromatic carbocycles. The zero-order valence-corrected chi connectivity index (χ0v) is 13.5. The van der Waals surface area contributed by atoms with E-state index in [4.69, 9.17) is 0 Å². The second-order valence-electron chi connectivity index (χ2n) is 6.58. The summed E-state index contributed by atoms with van der Waals surface area (Å²) in [6, 6.07) is 0.646. The fourth-order valence-electron chi connectivity index (χ4n) is 3.13. The first kappa shape index (κ1) is 14.8. The zero-order valence-electron chi connectivity index (χ0n) is 12.7. The van der Waals surface area contributed by atoms with Crippen LogP contribution >= 0.6 is 11.3 Å². The summed E-state index contributed by atoms with van der Waals surface area (Å²) in [5.74, 6) is -0.823. The molecule has 6 heteroatoms. The van der Waals surface area contributed by atoms with E-state index in [1.165, 1.54) is 32.4 Å². The predicted molar refractivity (Wildman–Crippen MR) is 84.2 cm³/mol. The van der Waals surface area contributed by atoms with Crippen LogP contribution in [0.3, 0.4) is 0 Å². The Hall–Kier alpha value is -1.14. The van der Waals surface area contributed by atoms with Crippen molar-refractivity contribution in [1.82, 2.24) is 9.88 Å². The van der Waals surface area contributed by atoms with Crippen LogP contribution in [0.1, 0.15) is 38.8 Å². The monoisotopic (exact) mass is 309 g/mol. The average Bonchev–Trinajstić information content (AvgIpc) is 3.18. The molecule has 1 atom stereocenters. The molecule has 0 radical (unpaired) electrons. The molecule has 1 unspecified atom stereocenters. The number of hydrogen-bond donors (Lipinski definition) is 1. The van der Waals surface area contributed by atoms with Crippen LogP contribution in [0.25, 0.3) is 0 Å². The van der Waals surface area contributed by atoms with E-state index >= 15 is 0 Å². The van der Waals surface area contributed by atoms with Crippen molar-refractivity contribution in [2.75, 3.05) is 31.1 Å². The molecular formula is C15H23N3O2S. The Morgan fingerprint density at radius 2 is 2.10 bits per heavy atom. The molecular weight excluding hydrogens is 286 g/mol. The number of carboxylic acid groups (broad SMARTS) is 1. The molecule has 5 nitrogen and oxygen atoms in total. The first-order valence-electron chi connectivity index (χ1n) is 7.67. The van der Waals surface area contributed by atoms with Gasteiger partial charge < -0.3 is 10.0 Å². The molecule has 1 aromatic heterocycles. The fraction of sp³-hybridized carbons (Fsp3) is 0.733. The topological polar surface area (TPSA) is 56.7 Å². The zero-order chi connectivity index (χ0) is 15.0. The van der Waals surface area contributed by atoms with E-state index in [-0.39, 0.29) is 0 Å². The highest BCUT2D eigenvalue weighted by atomic mass is 32.1. The highest BCUT2D eigenvalue weighted by molar-refractivity contribution is 7.13. The van der Waals surface area contributed by atoms with Gasteiger partial charge in [0, 0.05) is 24.5 Å². The highest BCUT2D eigenvalue weighted by Crippen LogP contribution is 2.32. The molecule has 0 bridgehead atoms. The number of anilines is 1. The van der Waals surface area contributed by atoms with Crippen LogP contribution in [-0.4, -0.2) is 53.2 Å². The molecule has 2 aliphatic rings. The third kappa shape index (κ3) is 2.79. The van der Waals surface area contributed by atoms with Crippen LogP contribution in [0.4, 0.5) is 5.13 Å². The molecule has 2 aliphatic heterocycles. The standard InChI is InChI=1S/C15H23N3O2S/c1-15(2,13(19)20)12-10-21-14(16-12)18-8-5-11(9-18)17-6-3-4-7-17/h10-11H,3-9H2,1-2H3,(H,19,20). The minimum atomic E-state index is -0.914. The van der Waals surface area contributed by atoms with Crippen molar-refractivity contribution < 1.29 is 9.90 Å². The smallest absolute Gasteiger partial charge is 0.315 e. The van der Waals surface area contributed by atoms with Crippen LogP contribution in [0.2, 0.25) is 0 Å². The quantitative estimate of drug-likeness (QED) is 0.924. The maximum absolute atomic E-state index is 11.3. The third-order valence-electron chi connectivity index (χ3n) is 4.76. The second kappa shape index (κ2) is 5.57. The number of aromatic nitrogens is 1. The van der Waals surface area contributed by atoms with Gasteiger partial charge in [-0.2, -0.15) is 0 Å². The number of hydrogen-bond acceptors (Lipinski definition) is 5. The van der Waals surface area contributed by atoms with Crippen LogP contribution < -0.4 is 4.90 Å². The van der Waals surface area contributed by atoms with Gasteiger partial charge in [-0.15, -0.1) is 11.3 Å². The maximum Gasteiger partial charge on any atom is 0.315 e. The molecule has 21 heavy (non-hydrogen) atoms. The molecule has 0 amide bonds. The molecule has 116 valence electrons. The third-order valence-corrected chi connectivity index (χ3v) is 5.66. The maximum atomic E-state index is 11.3. The van der Waals surface area contributed by atoms with Crippen LogP contribution in [0.15, 0.2) is 5.38 Å². The van der Waals surface area contributed by atoms with Crippen molar-refractivity contribution in [3.8, 4) is 0 Å². The van der Waals surface area contributed by atoms with E-state index in [9.17, 15) is 9.90 Å². The van der Waals surface area contributed by atoms with Crippen molar-refractivity contribution in [3.05, 3.63) is 11.1 Å². The van der Waals surface area contributed by atoms with Crippen molar-refractivity contribution in [1.29, 1.82) is 0 Å². The summed E-state index contributed by atoms with van der Waals surface area (Å²) >= 11 is 1.57. The summed E-state index contributed by atoms with van der Waals surface area (Å²) in [7, 11) is 0. The lowest BCUT2D eigenvalue weighted by Gasteiger charge is -2.23. The van der Waals surface area contributed by atoms with Gasteiger partial charge in [-0.05, 0) is 46.2 Å². The molecule has 0 spiro atoms. The van der Waals surface area contributed by atoms with Crippen molar-refractivity contribution in [2.24, 2.45) is 0 Å². The molecule has 1 N–H and O–H groups in total. The molecule has 2 fully saturated rings. The first-order valence-corrected chi connectivity index (χ1v) is 8.55. The summed E-state index contributed by atoms with van der Waals surface area (Å²) < 4.78 is 0. The van der Waals surface area contributed by atoms with Gasteiger partial charge in [-0.25, -0.2) is 4.98 Å². The lowest BCUT2D eigenvalue weighted by Crippen LogP contribution is -2.35. The van der Waals surface area contributed by atoms with E-state index in [1.807, 2.05) is 5.38 Å². The summed E-state index contributed by atoms with van der Waals surface area (Å²) in [6.07, 6.45) is 3.84. The van der Waals surface area contributed by atoms with E-state index in [1.54, 1.807) is 25.2 Å². The minimum absolute atomic E-state index is 0.646. The average molecular weight is 309 g/mol. The lowest BCUT2D eigenvalue weighted by atomic mass is 9.90. The normalized spacial score (nSPS) is 23.9. The van der Waals surface area contributed by atoms with Crippen LogP contribution in [-0.2, 0) is 10.2 Å². The Bertz CT molecular complexity index is 523. The number of likely N-dealkylation sites (tertiary alicyclic amines) is 1. The summed E-state index contributed by atoms with van der Waals surface area (Å²) in [6.45, 7) is 7.94. The van der Waals surface area contributed by atoms with Crippen molar-refractivity contribution in [3.63, 3.8) is 0 Å². The van der Waals surface area contributed by atoms with E-state index < -0.39 is 11.4 Å². The van der Waals surface area contributed by atoms with E-state index in [0.29, 0.717) is 11.7 Å². The highest BCUT2D eigenvalue weighted by Gasteiger charge is 2.34. The molecule has 3 heterocycles. The van der Waals surface area contributed by atoms with Gasteiger partial charge in [0.05, 0.1) is 5.69 Å². The Kier molecular flexibility index (Phi) is 3.92. The Morgan fingerprint density at radius 3 is 2.76 bits per heavy atom. The summed E-state index contributed by atoms with van der Waals surface area (Å²) in [4.78, 5) is 20.8. The van der Waals surface area contributed by atoms with E-state index in [0.717, 1.165) is 18.2 Å². The minimum Gasteiger partial charge on any atom is -0.481 e. The number of carboxylic acids is 1. The molecule has 2 saturated heterocycles. The van der Waals surface area contributed by atoms with Gasteiger partial charge in [0.25, 0.3) is 0 Å². The molecule has 1 aromatic rings. The van der Waals surface area contributed by atoms with Gasteiger partial charge in [-0.1, -0.05) is 0 Å².